The molecule has 0 aliphatic heterocycles. The summed E-state index contributed by atoms with van der Waals surface area (Å²) in [5.41, 5.74) is 0.278. The third-order valence-electron chi connectivity index (χ3n) is 3.44. The van der Waals surface area contributed by atoms with Crippen molar-refractivity contribution < 1.29 is 9.90 Å². The van der Waals surface area contributed by atoms with Gasteiger partial charge in [-0.15, -0.1) is 0 Å². The standard InChI is InChI=1S/C17H18N2O2/c1-12(2)19(9-5-8-18)17(21)15-10-13-6-3-4-7-14(13)11-16(15)20/h3-4,6-7,10-12,20H,5,9H2,1-2H3. The van der Waals surface area contributed by atoms with Gasteiger partial charge in [-0.1, -0.05) is 24.3 Å². The number of carbonyl (C=O) groups excluding carboxylic acids is 1. The number of hydrogen-bond acceptors (Lipinski definition) is 3. The van der Waals surface area contributed by atoms with Crippen molar-refractivity contribution in [3.63, 3.8) is 0 Å². The summed E-state index contributed by atoms with van der Waals surface area (Å²) in [6.07, 6.45) is 0.276. The molecule has 2 rings (SSSR count). The molecule has 108 valence electrons. The maximum Gasteiger partial charge on any atom is 0.257 e. The third kappa shape index (κ3) is 3.14. The average molecular weight is 282 g/mol. The Hall–Kier alpha value is -2.54. The monoisotopic (exact) mass is 282 g/mol. The van der Waals surface area contributed by atoms with Gasteiger partial charge in [0.15, 0.2) is 0 Å². The Bertz CT molecular complexity index is 701. The van der Waals surface area contributed by atoms with E-state index in [1.165, 1.54) is 0 Å². The normalized spacial score (nSPS) is 10.6. The summed E-state index contributed by atoms with van der Waals surface area (Å²) < 4.78 is 0. The lowest BCUT2D eigenvalue weighted by Crippen LogP contribution is -2.37. The zero-order valence-corrected chi connectivity index (χ0v) is 12.2. The molecule has 2 aromatic carbocycles. The number of rotatable bonds is 4. The molecule has 1 N–H and O–H groups in total. The minimum absolute atomic E-state index is 0.0266. The molecule has 21 heavy (non-hydrogen) atoms. The number of amides is 1. The number of nitriles is 1. The van der Waals surface area contributed by atoms with Gasteiger partial charge in [-0.3, -0.25) is 4.79 Å². The Morgan fingerprint density at radius 2 is 1.90 bits per heavy atom. The first-order valence-electron chi connectivity index (χ1n) is 6.94. The summed E-state index contributed by atoms with van der Waals surface area (Å²) in [7, 11) is 0. The van der Waals surface area contributed by atoms with Gasteiger partial charge in [0.2, 0.25) is 0 Å². The minimum atomic E-state index is -0.247. The Morgan fingerprint density at radius 1 is 1.29 bits per heavy atom. The van der Waals surface area contributed by atoms with E-state index in [1.807, 2.05) is 44.2 Å². The van der Waals surface area contributed by atoms with Crippen LogP contribution in [-0.2, 0) is 0 Å². The van der Waals surface area contributed by atoms with E-state index in [-0.39, 0.29) is 29.7 Å². The van der Waals surface area contributed by atoms with E-state index in [2.05, 4.69) is 0 Å². The van der Waals surface area contributed by atoms with Gasteiger partial charge in [-0.25, -0.2) is 0 Å². The van der Waals surface area contributed by atoms with Gasteiger partial charge in [0.05, 0.1) is 18.1 Å². The molecule has 0 aliphatic carbocycles. The first-order valence-corrected chi connectivity index (χ1v) is 6.94. The van der Waals surface area contributed by atoms with Crippen LogP contribution in [0.15, 0.2) is 36.4 Å². The molecular weight excluding hydrogens is 264 g/mol. The second-order valence-corrected chi connectivity index (χ2v) is 5.22. The van der Waals surface area contributed by atoms with Crippen molar-refractivity contribution in [1.29, 1.82) is 5.26 Å². The second-order valence-electron chi connectivity index (χ2n) is 5.22. The first kappa shape index (κ1) is 14.9. The van der Waals surface area contributed by atoms with Crippen molar-refractivity contribution in [2.45, 2.75) is 26.3 Å². The van der Waals surface area contributed by atoms with Crippen LogP contribution in [0.5, 0.6) is 5.75 Å². The number of nitrogens with zero attached hydrogens (tertiary/aromatic N) is 2. The predicted molar refractivity (Wildman–Crippen MR) is 82.0 cm³/mol. The fraction of sp³-hybridized carbons (Fsp3) is 0.294. The average Bonchev–Trinajstić information content (AvgIpc) is 2.46. The maximum absolute atomic E-state index is 12.6. The highest BCUT2D eigenvalue weighted by Crippen LogP contribution is 2.26. The van der Waals surface area contributed by atoms with E-state index in [0.29, 0.717) is 6.54 Å². The molecule has 4 heteroatoms. The van der Waals surface area contributed by atoms with Gasteiger partial charge in [0, 0.05) is 12.6 Å². The van der Waals surface area contributed by atoms with Crippen LogP contribution in [0.25, 0.3) is 10.8 Å². The van der Waals surface area contributed by atoms with Gasteiger partial charge < -0.3 is 10.0 Å². The molecule has 4 nitrogen and oxygen atoms in total. The van der Waals surface area contributed by atoms with Crippen molar-refractivity contribution in [2.75, 3.05) is 6.54 Å². The predicted octanol–water partition coefficient (Wildman–Crippen LogP) is 3.31. The lowest BCUT2D eigenvalue weighted by molar-refractivity contribution is 0.0707. The SMILES string of the molecule is CC(C)N(CCC#N)C(=O)c1cc2ccccc2cc1O. The summed E-state index contributed by atoms with van der Waals surface area (Å²) in [5, 5.41) is 20.6. The quantitative estimate of drug-likeness (QED) is 0.935. The Morgan fingerprint density at radius 3 is 2.48 bits per heavy atom. The largest absolute Gasteiger partial charge is 0.507 e. The third-order valence-corrected chi connectivity index (χ3v) is 3.44. The van der Waals surface area contributed by atoms with Gasteiger partial charge in [-0.05, 0) is 36.8 Å². The zero-order chi connectivity index (χ0) is 15.4. The number of aromatic hydroxyl groups is 1. The van der Waals surface area contributed by atoms with Crippen LogP contribution in [0.2, 0.25) is 0 Å². The van der Waals surface area contributed by atoms with Gasteiger partial charge in [-0.2, -0.15) is 5.26 Å². The van der Waals surface area contributed by atoms with Crippen LogP contribution < -0.4 is 0 Å². The molecule has 2 aromatic rings. The molecule has 0 radical (unpaired) electrons. The molecule has 0 spiro atoms. The summed E-state index contributed by atoms with van der Waals surface area (Å²) >= 11 is 0. The fourth-order valence-corrected chi connectivity index (χ4v) is 2.32. The van der Waals surface area contributed by atoms with E-state index < -0.39 is 0 Å². The molecule has 0 fully saturated rings. The van der Waals surface area contributed by atoms with Crippen LogP contribution in [0.3, 0.4) is 0 Å². The van der Waals surface area contributed by atoms with E-state index in [1.54, 1.807) is 17.0 Å². The summed E-state index contributed by atoms with van der Waals surface area (Å²) in [4.78, 5) is 14.2. The molecule has 0 unspecified atom stereocenters. The van der Waals surface area contributed by atoms with Crippen molar-refractivity contribution in [3.05, 3.63) is 42.0 Å². The molecule has 0 bridgehead atoms. The number of phenols is 1. The highest BCUT2D eigenvalue weighted by molar-refractivity contribution is 6.01. The van der Waals surface area contributed by atoms with Crippen LogP contribution in [0.1, 0.15) is 30.6 Å². The number of benzene rings is 2. The van der Waals surface area contributed by atoms with Crippen molar-refractivity contribution in [3.8, 4) is 11.8 Å². The molecule has 1 amide bonds. The van der Waals surface area contributed by atoms with E-state index in [9.17, 15) is 9.90 Å². The molecule has 0 heterocycles. The number of carbonyl (C=O) groups is 1. The molecular formula is C17H18N2O2. The van der Waals surface area contributed by atoms with Gasteiger partial charge >= 0.3 is 0 Å². The van der Waals surface area contributed by atoms with Crippen LogP contribution in [-0.4, -0.2) is 28.5 Å². The molecule has 0 aliphatic rings. The Labute approximate surface area is 124 Å². The van der Waals surface area contributed by atoms with Crippen LogP contribution in [0.4, 0.5) is 0 Å². The van der Waals surface area contributed by atoms with Crippen LogP contribution >= 0.6 is 0 Å². The molecule has 0 saturated carbocycles. The second kappa shape index (κ2) is 6.27. The fourth-order valence-electron chi connectivity index (χ4n) is 2.32. The van der Waals surface area contributed by atoms with Crippen molar-refractivity contribution in [1.82, 2.24) is 4.90 Å². The van der Waals surface area contributed by atoms with E-state index in [4.69, 9.17) is 5.26 Å². The lowest BCUT2D eigenvalue weighted by Gasteiger charge is -2.26. The van der Waals surface area contributed by atoms with E-state index in [0.717, 1.165) is 10.8 Å². The topological polar surface area (TPSA) is 64.3 Å². The first-order chi connectivity index (χ1) is 10.0. The highest BCUT2D eigenvalue weighted by atomic mass is 16.3. The van der Waals surface area contributed by atoms with E-state index >= 15 is 0 Å². The molecule has 0 aromatic heterocycles. The Kier molecular flexibility index (Phi) is 4.44. The molecule has 0 saturated heterocycles. The Balaban J connectivity index is 2.41. The van der Waals surface area contributed by atoms with Crippen LogP contribution in [0, 0.1) is 11.3 Å². The smallest absolute Gasteiger partial charge is 0.257 e. The lowest BCUT2D eigenvalue weighted by atomic mass is 10.0. The molecule has 0 atom stereocenters. The van der Waals surface area contributed by atoms with Crippen molar-refractivity contribution in [2.24, 2.45) is 0 Å². The summed E-state index contributed by atoms with van der Waals surface area (Å²) in [6, 6.07) is 12.9. The number of fused-ring (bicyclic) bond motifs is 1. The minimum Gasteiger partial charge on any atom is -0.507 e. The number of phenolic OH excluding ortho intramolecular Hbond substituents is 1. The zero-order valence-electron chi connectivity index (χ0n) is 12.2. The van der Waals surface area contributed by atoms with Crippen molar-refractivity contribution >= 4 is 16.7 Å². The highest BCUT2D eigenvalue weighted by Gasteiger charge is 2.21. The maximum atomic E-state index is 12.6. The summed E-state index contributed by atoms with van der Waals surface area (Å²) in [5.74, 6) is -0.273. The van der Waals surface area contributed by atoms with Gasteiger partial charge in [0.1, 0.15) is 5.75 Å². The summed E-state index contributed by atoms with van der Waals surface area (Å²) in [6.45, 7) is 4.15. The van der Waals surface area contributed by atoms with Gasteiger partial charge in [0.25, 0.3) is 5.91 Å². The number of hydrogen-bond donors (Lipinski definition) is 1.